The minimum absolute atomic E-state index is 0.162. The van der Waals surface area contributed by atoms with Gasteiger partial charge in [-0.25, -0.2) is 0 Å². The molecule has 0 aliphatic carbocycles. The Balaban J connectivity index is 2.06. The molecule has 6 heteroatoms. The zero-order valence-corrected chi connectivity index (χ0v) is 14.4. The average molecular weight is 344 g/mol. The van der Waals surface area contributed by atoms with Crippen LogP contribution in [0.5, 0.6) is 5.75 Å². The summed E-state index contributed by atoms with van der Waals surface area (Å²) in [6.07, 6.45) is 0. The van der Waals surface area contributed by atoms with Gasteiger partial charge >= 0.3 is 0 Å². The van der Waals surface area contributed by atoms with Crippen LogP contribution in [0.1, 0.15) is 24.2 Å². The molecule has 2 aromatic rings. The molecular formula is C18H20N2O3S. The quantitative estimate of drug-likeness (QED) is 0.755. The third-order valence-corrected chi connectivity index (χ3v) is 4.07. The SMILES string of the molecule is CC(C)Sc1ccccc1C(=O)Nc1ccc(OCC(N)=O)cc1. The standard InChI is InChI=1S/C18H20N2O3S/c1-12(2)24-16-6-4-3-5-15(16)18(22)20-13-7-9-14(10-8-13)23-11-17(19)21/h3-10,12H,11H2,1-2H3,(H2,19,21)(H,20,22). The summed E-state index contributed by atoms with van der Waals surface area (Å²) in [5.41, 5.74) is 6.32. The van der Waals surface area contributed by atoms with Crippen LogP contribution in [0.3, 0.4) is 0 Å². The van der Waals surface area contributed by atoms with E-state index < -0.39 is 5.91 Å². The fourth-order valence-electron chi connectivity index (χ4n) is 2.00. The van der Waals surface area contributed by atoms with Crippen molar-refractivity contribution in [1.82, 2.24) is 0 Å². The van der Waals surface area contributed by atoms with Gasteiger partial charge in [-0.2, -0.15) is 0 Å². The fraction of sp³-hybridized carbons (Fsp3) is 0.222. The minimum atomic E-state index is -0.536. The van der Waals surface area contributed by atoms with E-state index in [0.29, 0.717) is 22.3 Å². The fourth-order valence-corrected chi connectivity index (χ4v) is 2.95. The molecule has 2 aromatic carbocycles. The van der Waals surface area contributed by atoms with Gasteiger partial charge in [-0.15, -0.1) is 11.8 Å². The Morgan fingerprint density at radius 3 is 2.42 bits per heavy atom. The van der Waals surface area contributed by atoms with Gasteiger partial charge in [0.1, 0.15) is 5.75 Å². The molecule has 24 heavy (non-hydrogen) atoms. The number of primary amides is 1. The van der Waals surface area contributed by atoms with Crippen molar-refractivity contribution >= 4 is 29.3 Å². The lowest BCUT2D eigenvalue weighted by molar-refractivity contribution is -0.119. The van der Waals surface area contributed by atoms with Crippen molar-refractivity contribution in [2.45, 2.75) is 24.0 Å². The number of benzene rings is 2. The van der Waals surface area contributed by atoms with Crippen LogP contribution < -0.4 is 15.8 Å². The Bertz CT molecular complexity index is 714. The summed E-state index contributed by atoms with van der Waals surface area (Å²) in [7, 11) is 0. The zero-order chi connectivity index (χ0) is 17.5. The predicted octanol–water partition coefficient (Wildman–Crippen LogP) is 3.30. The Hall–Kier alpha value is -2.47. The Morgan fingerprint density at radius 2 is 1.79 bits per heavy atom. The number of amides is 2. The molecule has 0 aromatic heterocycles. The molecule has 0 saturated carbocycles. The van der Waals surface area contributed by atoms with E-state index in [1.54, 1.807) is 36.0 Å². The van der Waals surface area contributed by atoms with E-state index in [2.05, 4.69) is 19.2 Å². The Morgan fingerprint density at radius 1 is 1.12 bits per heavy atom. The number of ether oxygens (including phenoxy) is 1. The number of hydrogen-bond donors (Lipinski definition) is 2. The number of carbonyl (C=O) groups excluding carboxylic acids is 2. The van der Waals surface area contributed by atoms with Crippen molar-refractivity contribution < 1.29 is 14.3 Å². The van der Waals surface area contributed by atoms with E-state index in [9.17, 15) is 9.59 Å². The average Bonchev–Trinajstić information content (AvgIpc) is 2.54. The number of anilines is 1. The highest BCUT2D eigenvalue weighted by Crippen LogP contribution is 2.27. The van der Waals surface area contributed by atoms with Gasteiger partial charge < -0.3 is 15.8 Å². The van der Waals surface area contributed by atoms with Crippen LogP contribution in [0.25, 0.3) is 0 Å². The smallest absolute Gasteiger partial charge is 0.256 e. The lowest BCUT2D eigenvalue weighted by Crippen LogP contribution is -2.20. The van der Waals surface area contributed by atoms with Gasteiger partial charge in [0.05, 0.1) is 5.56 Å². The second-order valence-electron chi connectivity index (χ2n) is 5.40. The van der Waals surface area contributed by atoms with Gasteiger partial charge in [-0.1, -0.05) is 26.0 Å². The summed E-state index contributed by atoms with van der Waals surface area (Å²) < 4.78 is 5.18. The monoisotopic (exact) mass is 344 g/mol. The van der Waals surface area contributed by atoms with Gasteiger partial charge in [0.25, 0.3) is 11.8 Å². The maximum absolute atomic E-state index is 12.5. The van der Waals surface area contributed by atoms with Gasteiger partial charge in [0, 0.05) is 15.8 Å². The third kappa shape index (κ3) is 5.31. The summed E-state index contributed by atoms with van der Waals surface area (Å²) in [5.74, 6) is -0.182. The lowest BCUT2D eigenvalue weighted by atomic mass is 10.2. The van der Waals surface area contributed by atoms with Crippen molar-refractivity contribution in [3.63, 3.8) is 0 Å². The Labute approximate surface area is 145 Å². The van der Waals surface area contributed by atoms with Gasteiger partial charge in [0.15, 0.2) is 6.61 Å². The number of nitrogens with two attached hydrogens (primary N) is 1. The molecule has 3 N–H and O–H groups in total. The first-order valence-electron chi connectivity index (χ1n) is 7.54. The van der Waals surface area contributed by atoms with E-state index in [1.165, 1.54) is 0 Å². The highest BCUT2D eigenvalue weighted by molar-refractivity contribution is 8.00. The molecule has 0 saturated heterocycles. The van der Waals surface area contributed by atoms with Crippen LogP contribution in [0, 0.1) is 0 Å². The highest BCUT2D eigenvalue weighted by atomic mass is 32.2. The first-order valence-corrected chi connectivity index (χ1v) is 8.42. The van der Waals surface area contributed by atoms with Crippen LogP contribution >= 0.6 is 11.8 Å². The Kier molecular flexibility index (Phi) is 6.26. The van der Waals surface area contributed by atoms with Gasteiger partial charge in [0.2, 0.25) is 0 Å². The summed E-state index contributed by atoms with van der Waals surface area (Å²) in [5, 5.41) is 3.25. The summed E-state index contributed by atoms with van der Waals surface area (Å²) in [6, 6.07) is 14.3. The predicted molar refractivity (Wildman–Crippen MR) is 96.5 cm³/mol. The first-order chi connectivity index (χ1) is 11.5. The van der Waals surface area contributed by atoms with E-state index in [1.807, 2.05) is 24.3 Å². The van der Waals surface area contributed by atoms with Crippen molar-refractivity contribution in [3.05, 3.63) is 54.1 Å². The third-order valence-electron chi connectivity index (χ3n) is 2.99. The summed E-state index contributed by atoms with van der Waals surface area (Å²) in [6.45, 7) is 4.00. The molecular weight excluding hydrogens is 324 g/mol. The van der Waals surface area contributed by atoms with Crippen LogP contribution in [0.2, 0.25) is 0 Å². The zero-order valence-electron chi connectivity index (χ0n) is 13.6. The first kappa shape index (κ1) is 17.9. The highest BCUT2D eigenvalue weighted by Gasteiger charge is 2.12. The van der Waals surface area contributed by atoms with E-state index in [4.69, 9.17) is 10.5 Å². The lowest BCUT2D eigenvalue weighted by Gasteiger charge is -2.12. The minimum Gasteiger partial charge on any atom is -0.484 e. The number of nitrogens with one attached hydrogen (secondary N) is 1. The maximum atomic E-state index is 12.5. The van der Waals surface area contributed by atoms with Crippen molar-refractivity contribution in [2.75, 3.05) is 11.9 Å². The second kappa shape index (κ2) is 8.40. The van der Waals surface area contributed by atoms with Crippen molar-refractivity contribution in [1.29, 1.82) is 0 Å². The molecule has 0 spiro atoms. The molecule has 5 nitrogen and oxygen atoms in total. The van der Waals surface area contributed by atoms with Crippen LogP contribution in [-0.4, -0.2) is 23.7 Å². The number of rotatable bonds is 7. The van der Waals surface area contributed by atoms with Crippen LogP contribution in [0.4, 0.5) is 5.69 Å². The molecule has 0 unspecified atom stereocenters. The summed E-state index contributed by atoms with van der Waals surface area (Å²) >= 11 is 1.65. The molecule has 0 heterocycles. The number of hydrogen-bond acceptors (Lipinski definition) is 4. The normalized spacial score (nSPS) is 10.5. The van der Waals surface area contributed by atoms with E-state index in [0.717, 1.165) is 4.90 Å². The van der Waals surface area contributed by atoms with Gasteiger partial charge in [-0.05, 0) is 36.4 Å². The topological polar surface area (TPSA) is 81.4 Å². The molecule has 0 aliphatic rings. The summed E-state index contributed by atoms with van der Waals surface area (Å²) in [4.78, 5) is 24.1. The van der Waals surface area contributed by atoms with Crippen molar-refractivity contribution in [3.8, 4) is 5.75 Å². The molecule has 0 atom stereocenters. The molecule has 2 rings (SSSR count). The maximum Gasteiger partial charge on any atom is 0.256 e. The van der Waals surface area contributed by atoms with Crippen LogP contribution in [0.15, 0.2) is 53.4 Å². The second-order valence-corrected chi connectivity index (χ2v) is 7.01. The van der Waals surface area contributed by atoms with Crippen molar-refractivity contribution in [2.24, 2.45) is 5.73 Å². The number of thioether (sulfide) groups is 1. The molecule has 0 aliphatic heterocycles. The number of carbonyl (C=O) groups is 2. The molecule has 0 radical (unpaired) electrons. The van der Waals surface area contributed by atoms with E-state index in [-0.39, 0.29) is 12.5 Å². The van der Waals surface area contributed by atoms with Crippen LogP contribution in [-0.2, 0) is 4.79 Å². The largest absolute Gasteiger partial charge is 0.484 e. The molecule has 0 fully saturated rings. The molecule has 126 valence electrons. The molecule has 2 amide bonds. The van der Waals surface area contributed by atoms with E-state index >= 15 is 0 Å². The molecule has 0 bridgehead atoms. The van der Waals surface area contributed by atoms with Gasteiger partial charge in [-0.3, -0.25) is 9.59 Å².